The predicted molar refractivity (Wildman–Crippen MR) is 322 cm³/mol. The average Bonchev–Trinajstić information content (AvgIpc) is 2.98. The summed E-state index contributed by atoms with van der Waals surface area (Å²) < 4.78 is 17.9. The molecule has 1 fully saturated rings. The minimum Gasteiger partial charge on any atom is -0.493 e. The van der Waals surface area contributed by atoms with E-state index in [0.29, 0.717) is 111 Å². The van der Waals surface area contributed by atoms with Gasteiger partial charge in [0.2, 0.25) is 23.6 Å². The normalized spacial score (nSPS) is 18.2. The summed E-state index contributed by atoms with van der Waals surface area (Å²) in [6.07, 6.45) is 12.7. The number of aliphatic imine (C=N–C) groups is 2. The van der Waals surface area contributed by atoms with Gasteiger partial charge in [-0.15, -0.1) is 0 Å². The number of unbranched alkanes of at least 4 members (excludes halogenated alkanes) is 2. The predicted octanol–water partition coefficient (Wildman–Crippen LogP) is 11.4. The SMILES string of the molecule is CC(C)CC(=O)[C@@H](NC(=O)CCCCCN1C(=O)CC(C(C)C)C1=O)C(C)C.COc1cc2c(cc1OCCCOc1cc3c(cc1C)C(=O)N1C=C(c4ccc(NC(C)=O)cc4)C[C@H]1C=N3)N=C[C@@H]1CC(c3ccc(C)cc3)=CN1C2=O. The molecule has 438 valence electrons. The average molecular weight is 1130 g/mol. The molecule has 5 heterocycles. The summed E-state index contributed by atoms with van der Waals surface area (Å²) in [5.41, 5.74) is 9.04. The van der Waals surface area contributed by atoms with Crippen molar-refractivity contribution in [2.75, 3.05) is 32.2 Å². The van der Waals surface area contributed by atoms with Gasteiger partial charge < -0.3 is 34.6 Å². The number of imide groups is 1. The number of aryl methyl sites for hydroxylation is 2. The van der Waals surface area contributed by atoms with Crippen LogP contribution in [0.25, 0.3) is 11.1 Å². The number of Topliss-reactive ketones (excluding diaryl/α,β-unsaturated/α-hetero) is 1. The van der Waals surface area contributed by atoms with Crippen molar-refractivity contribution >= 4 is 81.9 Å². The van der Waals surface area contributed by atoms with Gasteiger partial charge in [0.25, 0.3) is 11.8 Å². The summed E-state index contributed by atoms with van der Waals surface area (Å²) in [6, 6.07) is 22.3. The van der Waals surface area contributed by atoms with Crippen molar-refractivity contribution in [3.63, 3.8) is 0 Å². The molecule has 0 radical (unpaired) electrons. The molecule has 0 saturated carbocycles. The van der Waals surface area contributed by atoms with Crippen LogP contribution in [0, 0.1) is 37.5 Å². The van der Waals surface area contributed by atoms with E-state index in [0.717, 1.165) is 39.9 Å². The first kappa shape index (κ1) is 60.9. The van der Waals surface area contributed by atoms with E-state index in [9.17, 15) is 33.6 Å². The number of hydrogen-bond acceptors (Lipinski definition) is 12. The summed E-state index contributed by atoms with van der Waals surface area (Å²) >= 11 is 0. The Labute approximate surface area is 487 Å². The molecule has 17 nitrogen and oxygen atoms in total. The van der Waals surface area contributed by atoms with Gasteiger partial charge in [-0.3, -0.25) is 48.4 Å². The van der Waals surface area contributed by atoms with Gasteiger partial charge >= 0.3 is 0 Å². The van der Waals surface area contributed by atoms with Gasteiger partial charge in [-0.1, -0.05) is 89.9 Å². The van der Waals surface area contributed by atoms with Gasteiger partial charge in [-0.25, -0.2) is 0 Å². The number of rotatable bonds is 22. The molecule has 2 N–H and O–H groups in total. The van der Waals surface area contributed by atoms with E-state index >= 15 is 0 Å². The lowest BCUT2D eigenvalue weighted by Crippen LogP contribution is -2.44. The van der Waals surface area contributed by atoms with Crippen LogP contribution >= 0.6 is 0 Å². The molecule has 6 amide bonds. The Bertz CT molecular complexity index is 3230. The second-order valence-corrected chi connectivity index (χ2v) is 23.3. The lowest BCUT2D eigenvalue weighted by atomic mass is 9.94. The highest BCUT2D eigenvalue weighted by atomic mass is 16.5. The smallest absolute Gasteiger partial charge is 0.260 e. The summed E-state index contributed by atoms with van der Waals surface area (Å²) in [5.74, 6) is 1.41. The molecular formula is C66H79N7O10. The van der Waals surface area contributed by atoms with E-state index in [1.807, 2.05) is 110 Å². The number of nitrogens with zero attached hydrogens (tertiary/aromatic N) is 5. The van der Waals surface area contributed by atoms with Gasteiger partial charge in [-0.2, -0.15) is 0 Å². The fourth-order valence-corrected chi connectivity index (χ4v) is 10.9. The van der Waals surface area contributed by atoms with Crippen molar-refractivity contribution in [2.45, 2.75) is 138 Å². The van der Waals surface area contributed by atoms with Crippen LogP contribution < -0.4 is 24.8 Å². The molecule has 83 heavy (non-hydrogen) atoms. The molecule has 4 aromatic carbocycles. The number of benzene rings is 4. The van der Waals surface area contributed by atoms with Crippen molar-refractivity contribution in [1.82, 2.24) is 20.0 Å². The monoisotopic (exact) mass is 1130 g/mol. The van der Waals surface area contributed by atoms with Crippen LogP contribution in [0.4, 0.5) is 17.1 Å². The number of carbonyl (C=O) groups is 7. The molecule has 9 rings (SSSR count). The van der Waals surface area contributed by atoms with Crippen LogP contribution in [0.2, 0.25) is 0 Å². The van der Waals surface area contributed by atoms with E-state index in [1.165, 1.54) is 17.4 Å². The minimum absolute atomic E-state index is 0.0545. The van der Waals surface area contributed by atoms with Crippen molar-refractivity contribution in [3.8, 4) is 17.2 Å². The quantitative estimate of drug-likeness (QED) is 0.0562. The first-order valence-corrected chi connectivity index (χ1v) is 29.1. The molecule has 0 bridgehead atoms. The highest BCUT2D eigenvalue weighted by molar-refractivity contribution is 6.07. The van der Waals surface area contributed by atoms with E-state index < -0.39 is 6.04 Å². The number of carbonyl (C=O) groups excluding carboxylic acids is 7. The van der Waals surface area contributed by atoms with Gasteiger partial charge in [0.1, 0.15) is 5.75 Å². The standard InChI is InChI=1S/C44H41N5O6.C22H38N2O4/c1-26-6-8-29(9-7-26)31-17-35-23-46-39-21-42(41(53-4)19-37(39)44(52)49(35)24-31)55-15-5-14-54-40-20-38-36(16-27(40)2)43(51)48-25-32(18-34(48)22-45-38)30-10-12-33(13-11-30)47-28(3)50;1-14(2)12-18(25)21(16(5)6)23-19(26)10-8-7-9-11-24-20(27)13-17(15(3)4)22(24)28/h6-13,16,19-25,34-35H,5,14-15,17-18H2,1-4H3,(H,47,50);14-17,21H,7-13H2,1-6H3,(H,23,26)/t34-,35-;17?,21-/m00/s1. The third kappa shape index (κ3) is 14.9. The van der Waals surface area contributed by atoms with Crippen LogP contribution in [-0.4, -0.2) is 113 Å². The Morgan fingerprint density at radius 1 is 0.675 bits per heavy atom. The molecule has 17 heteroatoms. The van der Waals surface area contributed by atoms with E-state index in [1.54, 1.807) is 29.0 Å². The zero-order valence-corrected chi connectivity index (χ0v) is 49.6. The van der Waals surface area contributed by atoms with Crippen LogP contribution in [0.3, 0.4) is 0 Å². The Hall–Kier alpha value is -8.21. The van der Waals surface area contributed by atoms with Gasteiger partial charge in [0.05, 0.1) is 61.0 Å². The Morgan fingerprint density at radius 3 is 1.78 bits per heavy atom. The number of amides is 6. The maximum Gasteiger partial charge on any atom is 0.260 e. The van der Waals surface area contributed by atoms with E-state index in [4.69, 9.17) is 24.2 Å². The third-order valence-electron chi connectivity index (χ3n) is 15.5. The van der Waals surface area contributed by atoms with Crippen molar-refractivity contribution < 1.29 is 47.8 Å². The van der Waals surface area contributed by atoms with Gasteiger partial charge in [-0.05, 0) is 96.5 Å². The zero-order chi connectivity index (χ0) is 59.6. The summed E-state index contributed by atoms with van der Waals surface area (Å²) in [4.78, 5) is 102. The largest absolute Gasteiger partial charge is 0.493 e. The number of hydrogen-bond donors (Lipinski definition) is 2. The highest BCUT2D eigenvalue weighted by Crippen LogP contribution is 2.41. The number of ketones is 1. The maximum absolute atomic E-state index is 13.7. The Balaban J connectivity index is 0.000000272. The number of ether oxygens (including phenoxy) is 3. The second kappa shape index (κ2) is 27.2. The fraction of sp³-hybridized carbons (Fsp3) is 0.439. The van der Waals surface area contributed by atoms with Gasteiger partial charge in [0.15, 0.2) is 17.3 Å². The number of methoxy groups -OCH3 is 1. The van der Waals surface area contributed by atoms with Crippen LogP contribution in [-0.2, 0) is 24.0 Å². The molecule has 0 aromatic heterocycles. The van der Waals surface area contributed by atoms with E-state index in [-0.39, 0.29) is 77.0 Å². The molecule has 1 unspecified atom stereocenters. The molecule has 0 spiro atoms. The highest BCUT2D eigenvalue weighted by Gasteiger charge is 2.40. The molecular weight excluding hydrogens is 1050 g/mol. The molecule has 5 aliphatic rings. The molecule has 4 aromatic rings. The second-order valence-electron chi connectivity index (χ2n) is 23.3. The molecule has 1 saturated heterocycles. The van der Waals surface area contributed by atoms with Crippen LogP contribution in [0.15, 0.2) is 95.2 Å². The number of nitrogens with one attached hydrogen (secondary N) is 2. The van der Waals surface area contributed by atoms with Crippen molar-refractivity contribution in [3.05, 3.63) is 119 Å². The minimum atomic E-state index is -0.428. The van der Waals surface area contributed by atoms with Crippen molar-refractivity contribution in [1.29, 1.82) is 0 Å². The van der Waals surface area contributed by atoms with E-state index in [2.05, 4.69) is 41.8 Å². The van der Waals surface area contributed by atoms with Crippen LogP contribution in [0.1, 0.15) is 149 Å². The topological polar surface area (TPSA) is 206 Å². The summed E-state index contributed by atoms with van der Waals surface area (Å²) in [6.45, 7) is 18.4. The van der Waals surface area contributed by atoms with Gasteiger partial charge in [0, 0.05) is 101 Å². The first-order chi connectivity index (χ1) is 39.7. The molecule has 5 aliphatic heterocycles. The number of fused-ring (bicyclic) bond motifs is 4. The zero-order valence-electron chi connectivity index (χ0n) is 49.6. The third-order valence-corrected chi connectivity index (χ3v) is 15.5. The van der Waals surface area contributed by atoms with Crippen molar-refractivity contribution in [2.24, 2.45) is 33.7 Å². The molecule has 0 aliphatic carbocycles. The summed E-state index contributed by atoms with van der Waals surface area (Å²) in [7, 11) is 1.55. The summed E-state index contributed by atoms with van der Waals surface area (Å²) in [5, 5.41) is 5.66. The number of anilines is 1. The van der Waals surface area contributed by atoms with Crippen LogP contribution in [0.5, 0.6) is 17.2 Å². The Morgan fingerprint density at radius 2 is 1.24 bits per heavy atom. The lowest BCUT2D eigenvalue weighted by Gasteiger charge is -2.22. The Kier molecular flexibility index (Phi) is 20.0. The first-order valence-electron chi connectivity index (χ1n) is 29.1. The molecule has 4 atom stereocenters. The fourth-order valence-electron chi connectivity index (χ4n) is 10.9. The lowest BCUT2D eigenvalue weighted by molar-refractivity contribution is -0.140. The maximum atomic E-state index is 13.7. The number of likely N-dealkylation sites (tertiary alicyclic amines) is 1.